The Bertz CT molecular complexity index is 778. The lowest BCUT2D eigenvalue weighted by molar-refractivity contribution is -0.140. The number of esters is 1. The predicted molar refractivity (Wildman–Crippen MR) is 133 cm³/mol. The third-order valence-corrected chi connectivity index (χ3v) is 8.92. The van der Waals surface area contributed by atoms with Gasteiger partial charge in [0.05, 0.1) is 7.11 Å². The van der Waals surface area contributed by atoms with Gasteiger partial charge in [0.2, 0.25) is 0 Å². The molecule has 1 saturated carbocycles. The van der Waals surface area contributed by atoms with Crippen molar-refractivity contribution in [2.75, 3.05) is 7.11 Å². The number of hydrogen-bond donors (Lipinski definition) is 0. The maximum absolute atomic E-state index is 12.9. The molecule has 1 aromatic carbocycles. The number of carbonyl (C=O) groups excluding carboxylic acids is 2. The predicted octanol–water partition coefficient (Wildman–Crippen LogP) is 7.15. The second kappa shape index (κ2) is 12.0. The standard InChI is InChI=1S/C29H46O3/c1-18-12-16-28(19(18)2)25(10-9-11-29(31)32-8)13-14-26(30)15-17-27-23(6)21(4)20(3)22(5)24(27)7/h18-19,25,28H,9-17H2,1-8H3/t18-,19?,25?,28+/m1/s1. The van der Waals surface area contributed by atoms with Crippen LogP contribution in [0.5, 0.6) is 0 Å². The van der Waals surface area contributed by atoms with Crippen molar-refractivity contribution in [3.63, 3.8) is 0 Å². The summed E-state index contributed by atoms with van der Waals surface area (Å²) in [6.45, 7) is 15.7. The Morgan fingerprint density at radius 3 is 1.97 bits per heavy atom. The Kier molecular flexibility index (Phi) is 9.98. The molecule has 0 aliphatic heterocycles. The Morgan fingerprint density at radius 2 is 1.44 bits per heavy atom. The number of carbonyl (C=O) groups is 2. The molecule has 0 radical (unpaired) electrons. The summed E-state index contributed by atoms with van der Waals surface area (Å²) in [5, 5.41) is 0. The van der Waals surface area contributed by atoms with Gasteiger partial charge < -0.3 is 4.74 Å². The van der Waals surface area contributed by atoms with Crippen molar-refractivity contribution in [1.29, 1.82) is 0 Å². The summed E-state index contributed by atoms with van der Waals surface area (Å²) in [5.74, 6) is 2.95. The number of Topliss-reactive ketones (excluding diaryl/α,β-unsaturated/α-hetero) is 1. The summed E-state index contributed by atoms with van der Waals surface area (Å²) in [4.78, 5) is 24.5. The first-order valence-electron chi connectivity index (χ1n) is 12.7. The first-order valence-corrected chi connectivity index (χ1v) is 12.7. The molecule has 0 saturated heterocycles. The SMILES string of the molecule is COC(=O)CCCC(CCC(=O)CCc1c(C)c(C)c(C)c(C)c1C)[C@H]1CC[C@@H](C)C1C. The summed E-state index contributed by atoms with van der Waals surface area (Å²) < 4.78 is 4.82. The van der Waals surface area contributed by atoms with Gasteiger partial charge in [-0.25, -0.2) is 0 Å². The third-order valence-electron chi connectivity index (χ3n) is 8.92. The van der Waals surface area contributed by atoms with Gasteiger partial charge in [-0.15, -0.1) is 0 Å². The molecule has 2 rings (SSSR count). The number of hydrogen-bond acceptors (Lipinski definition) is 3. The quantitative estimate of drug-likeness (QED) is 0.342. The van der Waals surface area contributed by atoms with Crippen LogP contribution < -0.4 is 0 Å². The molecule has 0 heterocycles. The van der Waals surface area contributed by atoms with Crippen LogP contribution in [0.2, 0.25) is 0 Å². The van der Waals surface area contributed by atoms with Crippen molar-refractivity contribution in [2.24, 2.45) is 23.7 Å². The zero-order valence-electron chi connectivity index (χ0n) is 21.9. The average Bonchev–Trinajstić information content (AvgIpc) is 3.11. The molecule has 1 aromatic rings. The summed E-state index contributed by atoms with van der Waals surface area (Å²) in [5.41, 5.74) is 8.19. The maximum atomic E-state index is 12.9. The van der Waals surface area contributed by atoms with E-state index in [2.05, 4.69) is 48.5 Å². The lowest BCUT2D eigenvalue weighted by Crippen LogP contribution is -2.21. The van der Waals surface area contributed by atoms with Crippen LogP contribution in [0.15, 0.2) is 0 Å². The zero-order chi connectivity index (χ0) is 24.0. The molecule has 1 fully saturated rings. The molecule has 2 unspecified atom stereocenters. The fourth-order valence-corrected chi connectivity index (χ4v) is 5.94. The molecule has 3 nitrogen and oxygen atoms in total. The van der Waals surface area contributed by atoms with Gasteiger partial charge in [0.15, 0.2) is 0 Å². The highest BCUT2D eigenvalue weighted by Crippen LogP contribution is 2.44. The monoisotopic (exact) mass is 442 g/mol. The van der Waals surface area contributed by atoms with Crippen molar-refractivity contribution in [2.45, 2.75) is 106 Å². The summed E-state index contributed by atoms with van der Waals surface area (Å²) in [7, 11) is 1.46. The first kappa shape index (κ1) is 26.6. The van der Waals surface area contributed by atoms with E-state index < -0.39 is 0 Å². The Balaban J connectivity index is 1.97. The van der Waals surface area contributed by atoms with Crippen LogP contribution in [0.4, 0.5) is 0 Å². The van der Waals surface area contributed by atoms with Crippen LogP contribution in [-0.2, 0) is 20.7 Å². The topological polar surface area (TPSA) is 43.4 Å². The second-order valence-corrected chi connectivity index (χ2v) is 10.5. The number of benzene rings is 1. The fourth-order valence-electron chi connectivity index (χ4n) is 5.94. The molecule has 4 atom stereocenters. The highest BCUT2D eigenvalue weighted by atomic mass is 16.5. The molecule has 1 aliphatic rings. The largest absolute Gasteiger partial charge is 0.469 e. The van der Waals surface area contributed by atoms with Gasteiger partial charge in [-0.2, -0.15) is 0 Å². The van der Waals surface area contributed by atoms with E-state index in [9.17, 15) is 9.59 Å². The van der Waals surface area contributed by atoms with E-state index in [0.717, 1.165) is 31.6 Å². The van der Waals surface area contributed by atoms with Crippen LogP contribution >= 0.6 is 0 Å². The number of ether oxygens (including phenoxy) is 1. The Hall–Kier alpha value is -1.64. The Labute approximate surface area is 196 Å². The van der Waals surface area contributed by atoms with Gasteiger partial charge in [-0.05, 0) is 124 Å². The maximum Gasteiger partial charge on any atom is 0.305 e. The van der Waals surface area contributed by atoms with Crippen LogP contribution in [0.3, 0.4) is 0 Å². The zero-order valence-corrected chi connectivity index (χ0v) is 21.9. The van der Waals surface area contributed by atoms with E-state index in [-0.39, 0.29) is 5.97 Å². The van der Waals surface area contributed by atoms with Crippen LogP contribution in [0.25, 0.3) is 0 Å². The molecule has 0 spiro atoms. The van der Waals surface area contributed by atoms with Crippen molar-refractivity contribution < 1.29 is 14.3 Å². The normalized spacial score (nSPS) is 21.6. The minimum Gasteiger partial charge on any atom is -0.469 e. The van der Waals surface area contributed by atoms with Gasteiger partial charge in [0.25, 0.3) is 0 Å². The van der Waals surface area contributed by atoms with Crippen molar-refractivity contribution >= 4 is 11.8 Å². The summed E-state index contributed by atoms with van der Waals surface area (Å²) >= 11 is 0. The molecular formula is C29H46O3. The van der Waals surface area contributed by atoms with Crippen LogP contribution in [-0.4, -0.2) is 18.9 Å². The smallest absolute Gasteiger partial charge is 0.305 e. The van der Waals surface area contributed by atoms with E-state index in [4.69, 9.17) is 4.74 Å². The molecule has 0 bridgehead atoms. The van der Waals surface area contributed by atoms with Crippen molar-refractivity contribution in [3.05, 3.63) is 33.4 Å². The highest BCUT2D eigenvalue weighted by Gasteiger charge is 2.35. The van der Waals surface area contributed by atoms with E-state index in [1.807, 2.05) is 0 Å². The van der Waals surface area contributed by atoms with Crippen LogP contribution in [0.1, 0.15) is 98.6 Å². The van der Waals surface area contributed by atoms with Gasteiger partial charge in [-0.3, -0.25) is 9.59 Å². The lowest BCUT2D eigenvalue weighted by atomic mass is 9.77. The van der Waals surface area contributed by atoms with E-state index >= 15 is 0 Å². The van der Waals surface area contributed by atoms with E-state index in [0.29, 0.717) is 42.8 Å². The molecule has 3 heteroatoms. The average molecular weight is 443 g/mol. The molecule has 0 aromatic heterocycles. The number of rotatable bonds is 11. The van der Waals surface area contributed by atoms with Crippen molar-refractivity contribution in [1.82, 2.24) is 0 Å². The number of methoxy groups -OCH3 is 1. The van der Waals surface area contributed by atoms with E-state index in [1.54, 1.807) is 0 Å². The van der Waals surface area contributed by atoms with E-state index in [1.165, 1.54) is 53.3 Å². The lowest BCUT2D eigenvalue weighted by Gasteiger charge is -2.28. The molecule has 0 amide bonds. The van der Waals surface area contributed by atoms with Crippen LogP contribution in [0, 0.1) is 58.3 Å². The van der Waals surface area contributed by atoms with Gasteiger partial charge in [0.1, 0.15) is 5.78 Å². The summed E-state index contributed by atoms with van der Waals surface area (Å²) in [6.07, 6.45) is 8.05. The van der Waals surface area contributed by atoms with Gasteiger partial charge in [-0.1, -0.05) is 20.3 Å². The van der Waals surface area contributed by atoms with Gasteiger partial charge in [0, 0.05) is 19.3 Å². The minimum atomic E-state index is -0.123. The summed E-state index contributed by atoms with van der Waals surface area (Å²) in [6, 6.07) is 0. The highest BCUT2D eigenvalue weighted by molar-refractivity contribution is 5.78. The fraction of sp³-hybridized carbons (Fsp3) is 0.724. The third kappa shape index (κ3) is 6.45. The number of ketones is 1. The Morgan fingerprint density at radius 1 is 0.844 bits per heavy atom. The molecule has 32 heavy (non-hydrogen) atoms. The second-order valence-electron chi connectivity index (χ2n) is 10.5. The molecule has 180 valence electrons. The molecule has 0 N–H and O–H groups in total. The molecule has 1 aliphatic carbocycles. The first-order chi connectivity index (χ1) is 15.1. The molecular weight excluding hydrogens is 396 g/mol. The van der Waals surface area contributed by atoms with Gasteiger partial charge >= 0.3 is 5.97 Å². The minimum absolute atomic E-state index is 0.123. The van der Waals surface area contributed by atoms with Crippen molar-refractivity contribution in [3.8, 4) is 0 Å².